The molecule has 0 aliphatic rings. The summed E-state index contributed by atoms with van der Waals surface area (Å²) in [5, 5.41) is 1.03. The van der Waals surface area contributed by atoms with Gasteiger partial charge >= 0.3 is 0 Å². The minimum atomic E-state index is 0.499. The van der Waals surface area contributed by atoms with E-state index in [-0.39, 0.29) is 0 Å². The zero-order valence-electron chi connectivity index (χ0n) is 17.3. The molecular formula is C27H21ClN2S. The molecule has 4 heteroatoms. The number of hydrogen-bond donors (Lipinski definition) is 0. The highest BCUT2D eigenvalue weighted by Gasteiger charge is 2.15. The van der Waals surface area contributed by atoms with Crippen LogP contribution in [0.1, 0.15) is 25.3 Å². The number of rotatable bonds is 4. The minimum Gasteiger partial charge on any atom is -0.255 e. The van der Waals surface area contributed by atoms with Gasteiger partial charge in [-0.3, -0.25) is 4.98 Å². The Balaban J connectivity index is 1.77. The lowest BCUT2D eigenvalue weighted by molar-refractivity contribution is 0.867. The van der Waals surface area contributed by atoms with Gasteiger partial charge in [-0.05, 0) is 41.3 Å². The van der Waals surface area contributed by atoms with Crippen molar-refractivity contribution in [3.05, 3.63) is 95.0 Å². The van der Waals surface area contributed by atoms with Crippen molar-refractivity contribution in [2.24, 2.45) is 0 Å². The number of thiophene rings is 1. The average Bonchev–Trinajstić information content (AvgIpc) is 3.24. The van der Waals surface area contributed by atoms with Crippen molar-refractivity contribution in [3.8, 4) is 33.0 Å². The average molecular weight is 441 g/mol. The Morgan fingerprint density at radius 2 is 1.58 bits per heavy atom. The second-order valence-corrected chi connectivity index (χ2v) is 9.57. The van der Waals surface area contributed by atoms with Crippen LogP contribution in [0.4, 0.5) is 0 Å². The fourth-order valence-electron chi connectivity index (χ4n) is 3.82. The van der Waals surface area contributed by atoms with E-state index >= 15 is 0 Å². The van der Waals surface area contributed by atoms with Gasteiger partial charge in [-0.1, -0.05) is 80.0 Å². The smallest absolute Gasteiger partial charge is 0.0935 e. The number of fused-ring (bicyclic) bond motifs is 1. The molecule has 5 aromatic rings. The zero-order valence-corrected chi connectivity index (χ0v) is 18.9. The molecule has 0 saturated heterocycles. The molecule has 0 unspecified atom stereocenters. The largest absolute Gasteiger partial charge is 0.255 e. The lowest BCUT2D eigenvalue weighted by atomic mass is 9.95. The van der Waals surface area contributed by atoms with E-state index in [9.17, 15) is 0 Å². The van der Waals surface area contributed by atoms with E-state index in [0.29, 0.717) is 5.92 Å². The quantitative estimate of drug-likeness (QED) is 0.280. The normalized spacial score (nSPS) is 11.4. The lowest BCUT2D eigenvalue weighted by Gasteiger charge is -2.14. The number of hydrogen-bond acceptors (Lipinski definition) is 3. The molecule has 0 bridgehead atoms. The summed E-state index contributed by atoms with van der Waals surface area (Å²) in [6, 6.07) is 27.3. The molecular weight excluding hydrogens is 420 g/mol. The summed E-state index contributed by atoms with van der Waals surface area (Å²) in [6.07, 6.45) is 1.83. The van der Waals surface area contributed by atoms with E-state index < -0.39 is 0 Å². The van der Waals surface area contributed by atoms with E-state index in [1.807, 2.05) is 30.5 Å². The maximum Gasteiger partial charge on any atom is 0.0935 e. The van der Waals surface area contributed by atoms with Gasteiger partial charge in [0.05, 0.1) is 26.1 Å². The zero-order chi connectivity index (χ0) is 21.4. The molecule has 3 heterocycles. The molecule has 2 nitrogen and oxygen atoms in total. The SMILES string of the molecule is CC(C)c1ccc(-c2nc3ccnc(-c4ccc(Cl)s4)c3cc2-c2ccccc2)cc1. The number of benzene rings is 2. The fourth-order valence-corrected chi connectivity index (χ4v) is 4.87. The van der Waals surface area contributed by atoms with Crippen molar-refractivity contribution in [3.63, 3.8) is 0 Å². The molecule has 0 spiro atoms. The van der Waals surface area contributed by atoms with Crippen LogP contribution in [-0.4, -0.2) is 9.97 Å². The molecule has 0 N–H and O–H groups in total. The first-order valence-electron chi connectivity index (χ1n) is 10.3. The Labute approximate surface area is 191 Å². The third-order valence-corrected chi connectivity index (χ3v) is 6.72. The predicted molar refractivity (Wildman–Crippen MR) is 133 cm³/mol. The van der Waals surface area contributed by atoms with E-state index in [1.54, 1.807) is 0 Å². The standard InChI is InChI=1S/C27H21ClN2S/c1-17(2)18-8-10-20(11-9-18)26-21(19-6-4-3-5-7-19)16-22-23(30-26)14-15-29-27(22)24-12-13-25(28)31-24/h3-17H,1-2H3. The van der Waals surface area contributed by atoms with Crippen LogP contribution in [0.15, 0.2) is 85.1 Å². The van der Waals surface area contributed by atoms with Gasteiger partial charge in [0.15, 0.2) is 0 Å². The Kier molecular flexibility index (Phi) is 5.31. The van der Waals surface area contributed by atoms with Gasteiger partial charge in [0.2, 0.25) is 0 Å². The van der Waals surface area contributed by atoms with Crippen molar-refractivity contribution in [1.82, 2.24) is 9.97 Å². The first-order valence-corrected chi connectivity index (χ1v) is 11.5. The molecule has 0 radical (unpaired) electrons. The van der Waals surface area contributed by atoms with Crippen molar-refractivity contribution < 1.29 is 0 Å². The van der Waals surface area contributed by atoms with Crippen molar-refractivity contribution in [1.29, 1.82) is 0 Å². The number of halogens is 1. The Hall–Kier alpha value is -3.01. The van der Waals surface area contributed by atoms with E-state index in [1.165, 1.54) is 16.9 Å². The monoisotopic (exact) mass is 440 g/mol. The van der Waals surface area contributed by atoms with E-state index in [4.69, 9.17) is 16.6 Å². The first kappa shape index (κ1) is 19.9. The van der Waals surface area contributed by atoms with Crippen LogP contribution in [0.5, 0.6) is 0 Å². The molecule has 152 valence electrons. The van der Waals surface area contributed by atoms with Gasteiger partial charge in [0.25, 0.3) is 0 Å². The van der Waals surface area contributed by atoms with Gasteiger partial charge in [-0.15, -0.1) is 11.3 Å². The van der Waals surface area contributed by atoms with Crippen LogP contribution in [0, 0.1) is 0 Å². The maximum atomic E-state index is 6.20. The summed E-state index contributed by atoms with van der Waals surface area (Å²) in [5.74, 6) is 0.499. The number of nitrogens with zero attached hydrogens (tertiary/aromatic N) is 2. The van der Waals surface area contributed by atoms with Crippen LogP contribution >= 0.6 is 22.9 Å². The topological polar surface area (TPSA) is 25.8 Å². The summed E-state index contributed by atoms with van der Waals surface area (Å²) in [4.78, 5) is 10.8. The van der Waals surface area contributed by atoms with E-state index in [2.05, 4.69) is 73.4 Å². The first-order chi connectivity index (χ1) is 15.1. The summed E-state index contributed by atoms with van der Waals surface area (Å²) in [7, 11) is 0. The van der Waals surface area contributed by atoms with Crippen LogP contribution < -0.4 is 0 Å². The molecule has 0 saturated carbocycles. The Morgan fingerprint density at radius 3 is 2.26 bits per heavy atom. The fraction of sp³-hybridized carbons (Fsp3) is 0.111. The highest BCUT2D eigenvalue weighted by Crippen LogP contribution is 2.38. The van der Waals surface area contributed by atoms with Crippen LogP contribution in [0.3, 0.4) is 0 Å². The van der Waals surface area contributed by atoms with Crippen molar-refractivity contribution in [2.75, 3.05) is 0 Å². The highest BCUT2D eigenvalue weighted by molar-refractivity contribution is 7.19. The van der Waals surface area contributed by atoms with Crippen molar-refractivity contribution >= 4 is 33.8 Å². The molecule has 0 aliphatic heterocycles. The predicted octanol–water partition coefficient (Wildman–Crippen LogP) is 8.47. The number of pyridine rings is 2. The second-order valence-electron chi connectivity index (χ2n) is 7.86. The van der Waals surface area contributed by atoms with Crippen LogP contribution in [0.2, 0.25) is 4.34 Å². The Morgan fingerprint density at radius 1 is 0.806 bits per heavy atom. The molecule has 3 aromatic heterocycles. The summed E-state index contributed by atoms with van der Waals surface area (Å²) >= 11 is 7.74. The number of aromatic nitrogens is 2. The summed E-state index contributed by atoms with van der Waals surface area (Å²) in [6.45, 7) is 4.42. The van der Waals surface area contributed by atoms with Crippen LogP contribution in [-0.2, 0) is 0 Å². The van der Waals surface area contributed by atoms with Gasteiger partial charge in [0, 0.05) is 22.7 Å². The molecule has 2 aromatic carbocycles. The highest BCUT2D eigenvalue weighted by atomic mass is 35.5. The molecule has 0 amide bonds. The molecule has 5 rings (SSSR count). The molecule has 0 atom stereocenters. The van der Waals surface area contributed by atoms with E-state index in [0.717, 1.165) is 48.2 Å². The Bertz CT molecular complexity index is 1360. The lowest BCUT2D eigenvalue weighted by Crippen LogP contribution is -1.94. The minimum absolute atomic E-state index is 0.499. The molecule has 0 fully saturated rings. The third-order valence-electron chi connectivity index (χ3n) is 5.49. The van der Waals surface area contributed by atoms with Gasteiger partial charge in [0.1, 0.15) is 0 Å². The summed E-state index contributed by atoms with van der Waals surface area (Å²) < 4.78 is 0.756. The van der Waals surface area contributed by atoms with Gasteiger partial charge < -0.3 is 0 Å². The second kappa shape index (κ2) is 8.26. The molecule has 31 heavy (non-hydrogen) atoms. The molecule has 0 aliphatic carbocycles. The third kappa shape index (κ3) is 3.87. The summed E-state index contributed by atoms with van der Waals surface area (Å²) in [5.41, 5.74) is 7.50. The van der Waals surface area contributed by atoms with Gasteiger partial charge in [-0.25, -0.2) is 4.98 Å². The van der Waals surface area contributed by atoms with Crippen molar-refractivity contribution in [2.45, 2.75) is 19.8 Å². The van der Waals surface area contributed by atoms with Crippen LogP contribution in [0.25, 0.3) is 43.9 Å². The maximum absolute atomic E-state index is 6.20. The van der Waals surface area contributed by atoms with Gasteiger partial charge in [-0.2, -0.15) is 0 Å².